The molecule has 0 spiro atoms. The number of fused-ring (bicyclic) bond motifs is 1. The van der Waals surface area contributed by atoms with Crippen LogP contribution in [0.1, 0.15) is 10.4 Å². The predicted molar refractivity (Wildman–Crippen MR) is 89.5 cm³/mol. The second-order valence-corrected chi connectivity index (χ2v) is 6.09. The molecule has 6 heteroatoms. The van der Waals surface area contributed by atoms with Crippen LogP contribution in [-0.2, 0) is 6.42 Å². The van der Waals surface area contributed by atoms with E-state index in [9.17, 15) is 0 Å². The van der Waals surface area contributed by atoms with Gasteiger partial charge in [0.2, 0.25) is 0 Å². The third-order valence-electron chi connectivity index (χ3n) is 3.08. The first-order valence-corrected chi connectivity index (χ1v) is 7.83. The van der Waals surface area contributed by atoms with Crippen molar-refractivity contribution in [1.29, 1.82) is 5.26 Å². The highest BCUT2D eigenvalue weighted by molar-refractivity contribution is 7.80. The van der Waals surface area contributed by atoms with Crippen molar-refractivity contribution in [3.05, 3.63) is 40.8 Å². The van der Waals surface area contributed by atoms with Gasteiger partial charge < -0.3 is 5.73 Å². The Kier molecular flexibility index (Phi) is 3.78. The summed E-state index contributed by atoms with van der Waals surface area (Å²) in [6, 6.07) is 11.4. The molecule has 0 aliphatic rings. The molecule has 0 amide bonds. The number of rotatable bonds is 3. The highest BCUT2D eigenvalue weighted by Gasteiger charge is 2.11. The Hall–Kier alpha value is -2.10. The van der Waals surface area contributed by atoms with Gasteiger partial charge in [-0.3, -0.25) is 0 Å². The summed E-state index contributed by atoms with van der Waals surface area (Å²) in [5.41, 5.74) is 7.42. The second kappa shape index (κ2) is 5.72. The number of aryl methyl sites for hydroxylation is 1. The fourth-order valence-corrected chi connectivity index (χ4v) is 3.51. The Bertz CT molecular complexity index is 848. The summed E-state index contributed by atoms with van der Waals surface area (Å²) < 4.78 is 0. The van der Waals surface area contributed by atoms with Gasteiger partial charge in [0.25, 0.3) is 0 Å². The lowest BCUT2D eigenvalue weighted by Gasteiger charge is -2.02. The summed E-state index contributed by atoms with van der Waals surface area (Å²) in [7, 11) is 0. The molecule has 0 aliphatic carbocycles. The normalized spacial score (nSPS) is 10.7. The zero-order valence-electron chi connectivity index (χ0n) is 11.1. The molecule has 0 unspecified atom stereocenters. The number of thiol groups is 1. The van der Waals surface area contributed by atoms with Gasteiger partial charge in [-0.15, -0.1) is 11.3 Å². The number of benzene rings is 1. The first kappa shape index (κ1) is 13.9. The molecule has 3 aromatic rings. The Labute approximate surface area is 131 Å². The maximum atomic E-state index is 8.98. The van der Waals surface area contributed by atoms with Gasteiger partial charge in [0.15, 0.2) is 5.82 Å². The van der Waals surface area contributed by atoms with E-state index in [1.165, 1.54) is 4.88 Å². The predicted octanol–water partition coefficient (Wildman–Crippen LogP) is 3.28. The van der Waals surface area contributed by atoms with E-state index in [0.29, 0.717) is 17.2 Å². The Morgan fingerprint density at radius 3 is 2.90 bits per heavy atom. The summed E-state index contributed by atoms with van der Waals surface area (Å²) in [5, 5.41) is 9.86. The van der Waals surface area contributed by atoms with Crippen LogP contribution in [0.15, 0.2) is 30.3 Å². The smallest absolute Gasteiger partial charge is 0.163 e. The van der Waals surface area contributed by atoms with Crippen LogP contribution in [0.25, 0.3) is 21.6 Å². The number of thiophene rings is 1. The highest BCUT2D eigenvalue weighted by Crippen LogP contribution is 2.30. The van der Waals surface area contributed by atoms with Crippen molar-refractivity contribution in [1.82, 2.24) is 9.97 Å². The number of hydrogen-bond acceptors (Lipinski definition) is 6. The van der Waals surface area contributed by atoms with Crippen LogP contribution in [0, 0.1) is 11.3 Å². The molecule has 0 aliphatic heterocycles. The lowest BCUT2D eigenvalue weighted by molar-refractivity contribution is 1.21. The van der Waals surface area contributed by atoms with Crippen molar-refractivity contribution in [2.24, 2.45) is 0 Å². The molecule has 4 nitrogen and oxygen atoms in total. The number of nitrogen functional groups attached to an aromatic ring is 1. The van der Waals surface area contributed by atoms with Crippen molar-refractivity contribution >= 4 is 40.0 Å². The van der Waals surface area contributed by atoms with Gasteiger partial charge >= 0.3 is 0 Å². The average molecular weight is 312 g/mol. The average Bonchev–Trinajstić information content (AvgIpc) is 2.91. The van der Waals surface area contributed by atoms with Crippen LogP contribution in [0.4, 0.5) is 5.82 Å². The number of aromatic nitrogens is 2. The minimum absolute atomic E-state index is 0.471. The van der Waals surface area contributed by atoms with Crippen LogP contribution in [0.5, 0.6) is 0 Å². The molecule has 0 saturated carbocycles. The molecule has 0 radical (unpaired) electrons. The van der Waals surface area contributed by atoms with Crippen molar-refractivity contribution in [3.63, 3.8) is 0 Å². The van der Waals surface area contributed by atoms with E-state index >= 15 is 0 Å². The first-order valence-electron chi connectivity index (χ1n) is 6.38. The SMILES string of the molecule is N#Cc1cccc(-c2nc(N)c3cc(CCS)sc3n2)c1. The fraction of sp³-hybridized carbons (Fsp3) is 0.133. The summed E-state index contributed by atoms with van der Waals surface area (Å²) in [5.74, 6) is 1.81. The van der Waals surface area contributed by atoms with Crippen LogP contribution >= 0.6 is 24.0 Å². The Balaban J connectivity index is 2.13. The van der Waals surface area contributed by atoms with Crippen molar-refractivity contribution in [2.45, 2.75) is 6.42 Å². The van der Waals surface area contributed by atoms with E-state index < -0.39 is 0 Å². The summed E-state index contributed by atoms with van der Waals surface area (Å²) in [6.45, 7) is 0. The van der Waals surface area contributed by atoms with Crippen LogP contribution in [0.2, 0.25) is 0 Å². The summed E-state index contributed by atoms with van der Waals surface area (Å²) in [4.78, 5) is 11.0. The first-order chi connectivity index (χ1) is 10.2. The maximum absolute atomic E-state index is 8.98. The Morgan fingerprint density at radius 1 is 1.29 bits per heavy atom. The van der Waals surface area contributed by atoms with E-state index in [1.807, 2.05) is 18.2 Å². The van der Waals surface area contributed by atoms with E-state index in [-0.39, 0.29) is 0 Å². The molecule has 1 aromatic carbocycles. The van der Waals surface area contributed by atoms with Crippen molar-refractivity contribution in [3.8, 4) is 17.5 Å². The molecule has 3 rings (SSSR count). The molecule has 2 aromatic heterocycles. The second-order valence-electron chi connectivity index (χ2n) is 4.53. The minimum atomic E-state index is 0.471. The lowest BCUT2D eigenvalue weighted by Crippen LogP contribution is -1.96. The van der Waals surface area contributed by atoms with Crippen LogP contribution in [-0.4, -0.2) is 15.7 Å². The summed E-state index contributed by atoms with van der Waals surface area (Å²) in [6.07, 6.45) is 0.892. The van der Waals surface area contributed by atoms with E-state index in [0.717, 1.165) is 28.0 Å². The molecule has 0 atom stereocenters. The highest BCUT2D eigenvalue weighted by atomic mass is 32.1. The molecule has 21 heavy (non-hydrogen) atoms. The number of hydrogen-bond donors (Lipinski definition) is 2. The van der Waals surface area contributed by atoms with Gasteiger partial charge in [0, 0.05) is 10.4 Å². The molecule has 0 fully saturated rings. The van der Waals surface area contributed by atoms with E-state index in [4.69, 9.17) is 11.0 Å². The largest absolute Gasteiger partial charge is 0.383 e. The molecule has 2 N–H and O–H groups in total. The molecule has 2 heterocycles. The molecular weight excluding hydrogens is 300 g/mol. The van der Waals surface area contributed by atoms with Gasteiger partial charge in [-0.25, -0.2) is 9.97 Å². The quantitative estimate of drug-likeness (QED) is 0.728. The van der Waals surface area contributed by atoms with Gasteiger partial charge in [-0.05, 0) is 30.4 Å². The van der Waals surface area contributed by atoms with E-state index in [1.54, 1.807) is 23.5 Å². The van der Waals surface area contributed by atoms with Gasteiger partial charge in [0.1, 0.15) is 10.6 Å². The molecule has 0 bridgehead atoms. The maximum Gasteiger partial charge on any atom is 0.163 e. The molecule has 104 valence electrons. The summed E-state index contributed by atoms with van der Waals surface area (Å²) >= 11 is 5.86. The van der Waals surface area contributed by atoms with Crippen LogP contribution < -0.4 is 5.73 Å². The monoisotopic (exact) mass is 312 g/mol. The number of nitrogens with two attached hydrogens (primary N) is 1. The topological polar surface area (TPSA) is 75.6 Å². The standard InChI is InChI=1S/C15H12N4S2/c16-8-9-2-1-3-10(6-9)14-18-13(17)12-7-11(4-5-20)21-15(12)19-14/h1-3,6-7,20H,4-5H2,(H2,17,18,19). The fourth-order valence-electron chi connectivity index (χ4n) is 2.08. The van der Waals surface area contributed by atoms with Gasteiger partial charge in [-0.1, -0.05) is 12.1 Å². The zero-order chi connectivity index (χ0) is 14.8. The number of nitriles is 1. The lowest BCUT2D eigenvalue weighted by atomic mass is 10.1. The number of anilines is 1. The number of nitrogens with zero attached hydrogens (tertiary/aromatic N) is 3. The van der Waals surface area contributed by atoms with E-state index in [2.05, 4.69) is 28.7 Å². The van der Waals surface area contributed by atoms with Gasteiger partial charge in [0.05, 0.1) is 17.0 Å². The van der Waals surface area contributed by atoms with Crippen molar-refractivity contribution < 1.29 is 0 Å². The third kappa shape index (κ3) is 2.71. The Morgan fingerprint density at radius 2 is 2.14 bits per heavy atom. The minimum Gasteiger partial charge on any atom is -0.383 e. The van der Waals surface area contributed by atoms with Crippen LogP contribution in [0.3, 0.4) is 0 Å². The third-order valence-corrected chi connectivity index (χ3v) is 4.39. The van der Waals surface area contributed by atoms with Crippen molar-refractivity contribution in [2.75, 3.05) is 11.5 Å². The van der Waals surface area contributed by atoms with Gasteiger partial charge in [-0.2, -0.15) is 17.9 Å². The molecule has 0 saturated heterocycles. The molecular formula is C15H12N4S2. The zero-order valence-corrected chi connectivity index (χ0v) is 12.8.